The minimum absolute atomic E-state index is 0.114. The number of rotatable bonds is 5. The highest BCUT2D eigenvalue weighted by molar-refractivity contribution is 5.88. The summed E-state index contributed by atoms with van der Waals surface area (Å²) in [4.78, 5) is 30.2. The Labute approximate surface area is 166 Å². The molecule has 29 heavy (non-hydrogen) atoms. The number of likely N-dealkylation sites (tertiary alicyclic amines) is 1. The highest BCUT2D eigenvalue weighted by atomic mass is 19.1. The van der Waals surface area contributed by atoms with Gasteiger partial charge in [-0.15, -0.1) is 0 Å². The number of hydrogen-bond acceptors (Lipinski definition) is 7. The molecule has 0 bridgehead atoms. The molecule has 0 aromatic carbocycles. The first-order valence-corrected chi connectivity index (χ1v) is 9.13. The average Bonchev–Trinajstić information content (AvgIpc) is 3.19. The fourth-order valence-electron chi connectivity index (χ4n) is 3.18. The van der Waals surface area contributed by atoms with Crippen LogP contribution in [0.4, 0.5) is 15.9 Å². The molecule has 148 valence electrons. The van der Waals surface area contributed by atoms with Gasteiger partial charge in [-0.1, -0.05) is 6.58 Å². The van der Waals surface area contributed by atoms with Crippen LogP contribution in [0.15, 0.2) is 43.4 Å². The number of halogens is 1. The van der Waals surface area contributed by atoms with Crippen molar-refractivity contribution in [3.8, 4) is 5.88 Å². The van der Waals surface area contributed by atoms with E-state index in [0.717, 1.165) is 0 Å². The monoisotopic (exact) mass is 394 g/mol. The summed E-state index contributed by atoms with van der Waals surface area (Å²) in [6, 6.07) is 5.01. The van der Waals surface area contributed by atoms with Crippen molar-refractivity contribution < 1.29 is 13.9 Å². The predicted molar refractivity (Wildman–Crippen MR) is 105 cm³/mol. The van der Waals surface area contributed by atoms with Crippen molar-refractivity contribution >= 4 is 28.4 Å². The maximum absolute atomic E-state index is 14.3. The number of anilines is 2. The number of hydrogen-bond donors (Lipinski definition) is 1. The first kappa shape index (κ1) is 18.7. The van der Waals surface area contributed by atoms with Crippen molar-refractivity contribution in [2.45, 2.75) is 19.4 Å². The van der Waals surface area contributed by atoms with Gasteiger partial charge in [0, 0.05) is 25.2 Å². The molecule has 0 saturated carbocycles. The fraction of sp³-hybridized carbons (Fsp3) is 0.250. The van der Waals surface area contributed by atoms with Crippen molar-refractivity contribution in [1.29, 1.82) is 0 Å². The molecule has 1 fully saturated rings. The molecule has 0 unspecified atom stereocenters. The summed E-state index contributed by atoms with van der Waals surface area (Å²) in [5.41, 5.74) is 1.58. The number of pyridine rings is 2. The predicted octanol–water partition coefficient (Wildman–Crippen LogP) is 2.78. The van der Waals surface area contributed by atoms with E-state index in [9.17, 15) is 9.18 Å². The number of carbonyl (C=O) groups is 1. The van der Waals surface area contributed by atoms with Crippen LogP contribution in [-0.2, 0) is 4.79 Å². The standard InChI is InChI=1S/C20H19FN6O2/c1-3-17(28)27-9-7-13(10-27)29-16-5-4-15-19(26-16)20(24-11-23-15)25-14-6-8-22-12(2)18(14)21/h3-6,8,11,13H,1,7,9-10H2,2H3,(H,22,23,24,25)/t13-/m0/s1. The van der Waals surface area contributed by atoms with Crippen molar-refractivity contribution in [1.82, 2.24) is 24.8 Å². The maximum atomic E-state index is 14.3. The van der Waals surface area contributed by atoms with Gasteiger partial charge in [-0.05, 0) is 25.1 Å². The van der Waals surface area contributed by atoms with E-state index in [1.165, 1.54) is 24.7 Å². The number of amides is 1. The Morgan fingerprint density at radius 2 is 2.21 bits per heavy atom. The molecule has 8 nitrogen and oxygen atoms in total. The fourth-order valence-corrected chi connectivity index (χ4v) is 3.18. The molecule has 1 N–H and O–H groups in total. The van der Waals surface area contributed by atoms with Crippen LogP contribution in [0.5, 0.6) is 5.88 Å². The van der Waals surface area contributed by atoms with Crippen LogP contribution in [0.25, 0.3) is 11.0 Å². The molecule has 0 spiro atoms. The zero-order valence-corrected chi connectivity index (χ0v) is 15.8. The van der Waals surface area contributed by atoms with Gasteiger partial charge in [0.25, 0.3) is 0 Å². The van der Waals surface area contributed by atoms with Crippen molar-refractivity contribution in [3.63, 3.8) is 0 Å². The van der Waals surface area contributed by atoms with E-state index in [1.807, 2.05) is 0 Å². The van der Waals surface area contributed by atoms with E-state index in [-0.39, 0.29) is 23.4 Å². The number of carbonyl (C=O) groups excluding carboxylic acids is 1. The first-order valence-electron chi connectivity index (χ1n) is 9.13. The third-order valence-corrected chi connectivity index (χ3v) is 4.69. The van der Waals surface area contributed by atoms with E-state index in [0.29, 0.717) is 42.2 Å². The summed E-state index contributed by atoms with van der Waals surface area (Å²) in [5, 5.41) is 2.96. The van der Waals surface area contributed by atoms with Crippen LogP contribution in [0.1, 0.15) is 12.1 Å². The second-order valence-electron chi connectivity index (χ2n) is 6.64. The molecule has 1 atom stereocenters. The van der Waals surface area contributed by atoms with Crippen LogP contribution < -0.4 is 10.1 Å². The summed E-state index contributed by atoms with van der Waals surface area (Å²) in [7, 11) is 0. The number of ether oxygens (including phenoxy) is 1. The largest absolute Gasteiger partial charge is 0.472 e. The summed E-state index contributed by atoms with van der Waals surface area (Å²) >= 11 is 0. The van der Waals surface area contributed by atoms with Gasteiger partial charge in [0.2, 0.25) is 11.8 Å². The van der Waals surface area contributed by atoms with Gasteiger partial charge in [-0.25, -0.2) is 19.3 Å². The molecule has 3 aromatic rings. The van der Waals surface area contributed by atoms with Gasteiger partial charge in [0.05, 0.1) is 23.4 Å². The van der Waals surface area contributed by atoms with E-state index >= 15 is 0 Å². The summed E-state index contributed by atoms with van der Waals surface area (Å²) in [6.45, 7) is 6.18. The topological polar surface area (TPSA) is 93.1 Å². The zero-order chi connectivity index (χ0) is 20.4. The summed E-state index contributed by atoms with van der Waals surface area (Å²) in [6.07, 6.45) is 4.74. The number of aryl methyl sites for hydroxylation is 1. The number of fused-ring (bicyclic) bond motifs is 1. The molecule has 1 aliphatic heterocycles. The van der Waals surface area contributed by atoms with E-state index < -0.39 is 5.82 Å². The minimum Gasteiger partial charge on any atom is -0.472 e. The lowest BCUT2D eigenvalue weighted by Gasteiger charge is -2.15. The van der Waals surface area contributed by atoms with Crippen LogP contribution in [0, 0.1) is 12.7 Å². The first-order chi connectivity index (χ1) is 14.0. The van der Waals surface area contributed by atoms with E-state index in [2.05, 4.69) is 31.8 Å². The second kappa shape index (κ2) is 7.78. The zero-order valence-electron chi connectivity index (χ0n) is 15.8. The quantitative estimate of drug-likeness (QED) is 0.665. The Balaban J connectivity index is 1.59. The molecule has 9 heteroatoms. The normalized spacial score (nSPS) is 16.1. The van der Waals surface area contributed by atoms with Crippen molar-refractivity contribution in [2.24, 2.45) is 0 Å². The van der Waals surface area contributed by atoms with Crippen molar-refractivity contribution in [2.75, 3.05) is 18.4 Å². The molecular formula is C20H19FN6O2. The Morgan fingerprint density at radius 3 is 3.03 bits per heavy atom. The van der Waals surface area contributed by atoms with Gasteiger partial charge >= 0.3 is 0 Å². The highest BCUT2D eigenvalue weighted by Gasteiger charge is 2.26. The summed E-state index contributed by atoms with van der Waals surface area (Å²) < 4.78 is 20.3. The maximum Gasteiger partial charge on any atom is 0.246 e. The average molecular weight is 394 g/mol. The SMILES string of the molecule is C=CC(=O)N1CC[C@H](Oc2ccc3ncnc(Nc4ccnc(C)c4F)c3n2)C1. The molecule has 4 rings (SSSR count). The number of nitrogens with one attached hydrogen (secondary N) is 1. The van der Waals surface area contributed by atoms with Gasteiger partial charge in [-0.2, -0.15) is 0 Å². The molecule has 4 heterocycles. The molecule has 0 aliphatic carbocycles. The van der Waals surface area contributed by atoms with Gasteiger partial charge < -0.3 is 15.0 Å². The Kier molecular flexibility index (Phi) is 5.03. The van der Waals surface area contributed by atoms with Crippen LogP contribution in [0.2, 0.25) is 0 Å². The Bertz CT molecular complexity index is 1090. The molecule has 3 aromatic heterocycles. The van der Waals surface area contributed by atoms with Crippen LogP contribution in [0.3, 0.4) is 0 Å². The third kappa shape index (κ3) is 3.84. The third-order valence-electron chi connectivity index (χ3n) is 4.69. The number of nitrogens with zero attached hydrogens (tertiary/aromatic N) is 5. The van der Waals surface area contributed by atoms with Gasteiger partial charge in [-0.3, -0.25) is 9.78 Å². The summed E-state index contributed by atoms with van der Waals surface area (Å²) in [5.74, 6) is 0.182. The van der Waals surface area contributed by atoms with Crippen LogP contribution in [-0.4, -0.2) is 49.9 Å². The molecular weight excluding hydrogens is 375 g/mol. The lowest BCUT2D eigenvalue weighted by molar-refractivity contribution is -0.125. The lowest BCUT2D eigenvalue weighted by atomic mass is 10.3. The van der Waals surface area contributed by atoms with Crippen LogP contribution >= 0.6 is 0 Å². The lowest BCUT2D eigenvalue weighted by Crippen LogP contribution is -2.29. The van der Waals surface area contributed by atoms with E-state index in [1.54, 1.807) is 24.0 Å². The Morgan fingerprint density at radius 1 is 1.34 bits per heavy atom. The molecule has 1 saturated heterocycles. The van der Waals surface area contributed by atoms with Crippen molar-refractivity contribution in [3.05, 3.63) is 54.9 Å². The smallest absolute Gasteiger partial charge is 0.246 e. The van der Waals surface area contributed by atoms with E-state index in [4.69, 9.17) is 4.74 Å². The molecule has 1 aliphatic rings. The molecule has 1 amide bonds. The van der Waals surface area contributed by atoms with Gasteiger partial charge in [0.15, 0.2) is 11.6 Å². The molecule has 0 radical (unpaired) electrons. The minimum atomic E-state index is -0.454. The highest BCUT2D eigenvalue weighted by Crippen LogP contribution is 2.26. The number of aromatic nitrogens is 4. The van der Waals surface area contributed by atoms with Gasteiger partial charge in [0.1, 0.15) is 17.9 Å². The Hall–Kier alpha value is -3.62. The second-order valence-corrected chi connectivity index (χ2v) is 6.64.